The maximum absolute atomic E-state index is 5.98. The van der Waals surface area contributed by atoms with Crippen molar-refractivity contribution in [3.63, 3.8) is 0 Å². The van der Waals surface area contributed by atoms with E-state index in [-0.39, 0.29) is 6.10 Å². The van der Waals surface area contributed by atoms with Crippen molar-refractivity contribution in [2.75, 3.05) is 33.8 Å². The second kappa shape index (κ2) is 9.20. The third-order valence-electron chi connectivity index (χ3n) is 4.75. The zero-order chi connectivity index (χ0) is 19.2. The lowest BCUT2D eigenvalue weighted by atomic mass is 10.1. The smallest absolute Gasteiger partial charge is 0.124 e. The summed E-state index contributed by atoms with van der Waals surface area (Å²) in [7, 11) is 4.21. The van der Waals surface area contributed by atoms with Crippen molar-refractivity contribution in [1.82, 2.24) is 14.8 Å². The lowest BCUT2D eigenvalue weighted by Crippen LogP contribution is -2.31. The number of pyridine rings is 1. The molecule has 0 aliphatic carbocycles. The van der Waals surface area contributed by atoms with Gasteiger partial charge in [-0.3, -0.25) is 9.88 Å². The van der Waals surface area contributed by atoms with Gasteiger partial charge in [-0.05, 0) is 52.2 Å². The predicted molar refractivity (Wildman–Crippen MR) is 108 cm³/mol. The molecule has 27 heavy (non-hydrogen) atoms. The maximum atomic E-state index is 5.98. The van der Waals surface area contributed by atoms with E-state index in [9.17, 15) is 0 Å². The first-order valence-corrected chi connectivity index (χ1v) is 9.77. The quantitative estimate of drug-likeness (QED) is 0.678. The first-order chi connectivity index (χ1) is 13.0. The van der Waals surface area contributed by atoms with E-state index >= 15 is 0 Å². The molecule has 0 amide bonds. The van der Waals surface area contributed by atoms with Crippen molar-refractivity contribution >= 4 is 0 Å². The fraction of sp³-hybridized carbons (Fsp3) is 0.500. The van der Waals surface area contributed by atoms with Gasteiger partial charge < -0.3 is 14.4 Å². The fourth-order valence-electron chi connectivity index (χ4n) is 3.41. The van der Waals surface area contributed by atoms with Gasteiger partial charge in [0.2, 0.25) is 0 Å². The number of benzene rings is 1. The summed E-state index contributed by atoms with van der Waals surface area (Å²) < 4.78 is 11.9. The van der Waals surface area contributed by atoms with Crippen LogP contribution in [-0.2, 0) is 19.5 Å². The minimum absolute atomic E-state index is 0.239. The molecule has 2 aromatic rings. The van der Waals surface area contributed by atoms with E-state index in [2.05, 4.69) is 54.0 Å². The monoisotopic (exact) mass is 369 g/mol. The van der Waals surface area contributed by atoms with Crippen molar-refractivity contribution in [2.24, 2.45) is 0 Å². The number of ether oxygens (including phenoxy) is 2. The van der Waals surface area contributed by atoms with Crippen molar-refractivity contribution in [3.05, 3.63) is 53.3 Å². The summed E-state index contributed by atoms with van der Waals surface area (Å²) >= 11 is 0. The summed E-state index contributed by atoms with van der Waals surface area (Å²) in [6, 6.07) is 10.4. The van der Waals surface area contributed by atoms with E-state index in [1.54, 1.807) is 0 Å². The van der Waals surface area contributed by atoms with Crippen molar-refractivity contribution in [1.29, 1.82) is 0 Å². The van der Waals surface area contributed by atoms with Crippen LogP contribution in [0.1, 0.15) is 30.7 Å². The molecule has 3 rings (SSSR count). The minimum atomic E-state index is 0.239. The Morgan fingerprint density at radius 3 is 2.74 bits per heavy atom. The normalized spacial score (nSPS) is 15.9. The SMILES string of the molecule is CCOc1cc2c(cc1CN(CCN(C)C)Cc1ccccn1)O[C@H](C)C2. The Balaban J connectivity index is 1.82. The molecule has 0 unspecified atom stereocenters. The molecule has 1 aromatic heterocycles. The van der Waals surface area contributed by atoms with Crippen LogP contribution in [0.15, 0.2) is 36.5 Å². The molecule has 5 heteroatoms. The van der Waals surface area contributed by atoms with Gasteiger partial charge in [0.15, 0.2) is 0 Å². The van der Waals surface area contributed by atoms with Crippen molar-refractivity contribution in [2.45, 2.75) is 39.5 Å². The average Bonchev–Trinajstić information content (AvgIpc) is 3.00. The topological polar surface area (TPSA) is 37.8 Å². The molecule has 0 radical (unpaired) electrons. The Hall–Kier alpha value is -2.11. The van der Waals surface area contributed by atoms with Crippen molar-refractivity contribution in [3.8, 4) is 11.5 Å². The molecule has 5 nitrogen and oxygen atoms in total. The molecular formula is C22H31N3O2. The number of likely N-dealkylation sites (N-methyl/N-ethyl adjacent to an activating group) is 1. The molecule has 146 valence electrons. The Bertz CT molecular complexity index is 734. The second-order valence-electron chi connectivity index (χ2n) is 7.47. The molecule has 0 saturated carbocycles. The molecular weight excluding hydrogens is 338 g/mol. The molecule has 0 bridgehead atoms. The highest BCUT2D eigenvalue weighted by molar-refractivity contribution is 5.48. The molecule has 1 aromatic carbocycles. The number of fused-ring (bicyclic) bond motifs is 1. The van der Waals surface area contributed by atoms with Crippen LogP contribution in [0.5, 0.6) is 11.5 Å². The molecule has 1 aliphatic rings. The van der Waals surface area contributed by atoms with Crippen LogP contribution in [0.3, 0.4) is 0 Å². The van der Waals surface area contributed by atoms with Crippen LogP contribution >= 0.6 is 0 Å². The highest BCUT2D eigenvalue weighted by atomic mass is 16.5. The Morgan fingerprint density at radius 2 is 2.04 bits per heavy atom. The van der Waals surface area contributed by atoms with Gasteiger partial charge in [0.25, 0.3) is 0 Å². The van der Waals surface area contributed by atoms with Gasteiger partial charge in [-0.2, -0.15) is 0 Å². The number of hydrogen-bond acceptors (Lipinski definition) is 5. The molecule has 2 heterocycles. The average molecular weight is 370 g/mol. The molecule has 0 N–H and O–H groups in total. The van der Waals surface area contributed by atoms with Gasteiger partial charge in [0.1, 0.15) is 17.6 Å². The van der Waals surface area contributed by atoms with E-state index in [1.807, 2.05) is 25.3 Å². The lowest BCUT2D eigenvalue weighted by Gasteiger charge is -2.25. The van der Waals surface area contributed by atoms with E-state index in [1.165, 1.54) is 11.1 Å². The largest absolute Gasteiger partial charge is 0.494 e. The molecule has 1 aliphatic heterocycles. The van der Waals surface area contributed by atoms with Crippen LogP contribution in [0, 0.1) is 0 Å². The predicted octanol–water partition coefficient (Wildman–Crippen LogP) is 3.37. The molecule has 1 atom stereocenters. The zero-order valence-electron chi connectivity index (χ0n) is 16.9. The van der Waals surface area contributed by atoms with Crippen LogP contribution < -0.4 is 9.47 Å². The zero-order valence-corrected chi connectivity index (χ0v) is 16.9. The molecule has 0 fully saturated rings. The Labute approximate surface area is 162 Å². The van der Waals surface area contributed by atoms with E-state index in [0.717, 1.165) is 49.8 Å². The highest BCUT2D eigenvalue weighted by Gasteiger charge is 2.23. The Morgan fingerprint density at radius 1 is 1.19 bits per heavy atom. The van der Waals surface area contributed by atoms with E-state index in [0.29, 0.717) is 6.61 Å². The van der Waals surface area contributed by atoms with Gasteiger partial charge >= 0.3 is 0 Å². The van der Waals surface area contributed by atoms with Gasteiger partial charge in [0.05, 0.1) is 12.3 Å². The van der Waals surface area contributed by atoms with Gasteiger partial charge in [-0.25, -0.2) is 0 Å². The summed E-state index contributed by atoms with van der Waals surface area (Å²) in [5.74, 6) is 1.98. The number of aromatic nitrogens is 1. The summed E-state index contributed by atoms with van der Waals surface area (Å²) in [4.78, 5) is 9.13. The molecule has 0 spiro atoms. The third kappa shape index (κ3) is 5.44. The first kappa shape index (κ1) is 19.6. The maximum Gasteiger partial charge on any atom is 0.124 e. The summed E-state index contributed by atoms with van der Waals surface area (Å²) in [6.07, 6.45) is 3.05. The standard InChI is InChI=1S/C22H31N3O2/c1-5-26-21-13-18-12-17(2)27-22(18)14-19(21)15-25(11-10-24(3)4)16-20-8-6-7-9-23-20/h6-9,13-14,17H,5,10-12,15-16H2,1-4H3/t17-/m1/s1. The van der Waals surface area contributed by atoms with Gasteiger partial charge in [0, 0.05) is 49.9 Å². The highest BCUT2D eigenvalue weighted by Crippen LogP contribution is 2.35. The first-order valence-electron chi connectivity index (χ1n) is 9.77. The second-order valence-corrected chi connectivity index (χ2v) is 7.47. The van der Waals surface area contributed by atoms with E-state index in [4.69, 9.17) is 9.47 Å². The van der Waals surface area contributed by atoms with Gasteiger partial charge in [-0.1, -0.05) is 6.07 Å². The number of nitrogens with zero attached hydrogens (tertiary/aromatic N) is 3. The van der Waals surface area contributed by atoms with Crippen molar-refractivity contribution < 1.29 is 9.47 Å². The number of rotatable bonds is 9. The minimum Gasteiger partial charge on any atom is -0.494 e. The fourth-order valence-corrected chi connectivity index (χ4v) is 3.41. The van der Waals surface area contributed by atoms with Gasteiger partial charge in [-0.15, -0.1) is 0 Å². The summed E-state index contributed by atoms with van der Waals surface area (Å²) in [6.45, 7) is 8.40. The number of hydrogen-bond donors (Lipinski definition) is 0. The Kier molecular flexibility index (Phi) is 6.69. The summed E-state index contributed by atoms with van der Waals surface area (Å²) in [5, 5.41) is 0. The van der Waals surface area contributed by atoms with Crippen LogP contribution in [0.25, 0.3) is 0 Å². The van der Waals surface area contributed by atoms with Crippen LogP contribution in [0.2, 0.25) is 0 Å². The third-order valence-corrected chi connectivity index (χ3v) is 4.75. The van der Waals surface area contributed by atoms with Crippen LogP contribution in [0.4, 0.5) is 0 Å². The lowest BCUT2D eigenvalue weighted by molar-refractivity contribution is 0.219. The molecule has 0 saturated heterocycles. The van der Waals surface area contributed by atoms with E-state index < -0.39 is 0 Å². The summed E-state index contributed by atoms with van der Waals surface area (Å²) in [5.41, 5.74) is 3.51. The van der Waals surface area contributed by atoms with Crippen LogP contribution in [-0.4, -0.2) is 54.7 Å².